The van der Waals surface area contributed by atoms with Gasteiger partial charge in [-0.2, -0.15) is 0 Å². The molecule has 32 heavy (non-hydrogen) atoms. The molecule has 2 aliphatic heterocycles. The SMILES string of the molecule is CC1(C)S[C@@H]2c3ccccc3C(=O)N2[C@@H]1C(=O)N[C@H](Cc1c[nH]c2ccccc12)C(=O)O. The van der Waals surface area contributed by atoms with Crippen LogP contribution in [0.3, 0.4) is 0 Å². The fraction of sp³-hybridized carbons (Fsp3) is 0.292. The molecule has 3 aromatic rings. The van der Waals surface area contributed by atoms with Gasteiger partial charge in [-0.3, -0.25) is 9.59 Å². The van der Waals surface area contributed by atoms with Gasteiger partial charge in [0.05, 0.1) is 0 Å². The third-order valence-corrected chi connectivity index (χ3v) is 7.79. The number of hydrogen-bond donors (Lipinski definition) is 3. The Morgan fingerprint density at radius 1 is 1.19 bits per heavy atom. The first-order chi connectivity index (χ1) is 15.3. The molecule has 3 atom stereocenters. The van der Waals surface area contributed by atoms with Gasteiger partial charge in [0, 0.05) is 33.8 Å². The zero-order chi connectivity index (χ0) is 22.6. The van der Waals surface area contributed by atoms with Crippen LogP contribution in [0.15, 0.2) is 54.7 Å². The predicted molar refractivity (Wildman–Crippen MR) is 122 cm³/mol. The first kappa shape index (κ1) is 20.6. The number of thioether (sulfide) groups is 1. The minimum atomic E-state index is -1.11. The number of amides is 2. The maximum absolute atomic E-state index is 13.4. The topological polar surface area (TPSA) is 103 Å². The Bertz CT molecular complexity index is 1250. The minimum Gasteiger partial charge on any atom is -0.480 e. The summed E-state index contributed by atoms with van der Waals surface area (Å²) in [7, 11) is 0. The van der Waals surface area contributed by atoms with E-state index in [0.717, 1.165) is 22.0 Å². The number of nitrogens with one attached hydrogen (secondary N) is 2. The average molecular weight is 450 g/mol. The van der Waals surface area contributed by atoms with E-state index in [4.69, 9.17) is 0 Å². The number of hydrogen-bond acceptors (Lipinski definition) is 4. The van der Waals surface area contributed by atoms with Crippen LogP contribution >= 0.6 is 11.8 Å². The molecule has 3 N–H and O–H groups in total. The average Bonchev–Trinajstić information content (AvgIpc) is 3.37. The number of aromatic amines is 1. The number of H-pyrrole nitrogens is 1. The second-order valence-corrected chi connectivity index (χ2v) is 10.5. The van der Waals surface area contributed by atoms with E-state index in [1.807, 2.05) is 56.3 Å². The van der Waals surface area contributed by atoms with Gasteiger partial charge in [0.15, 0.2) is 0 Å². The lowest BCUT2D eigenvalue weighted by Gasteiger charge is -2.30. The predicted octanol–water partition coefficient (Wildman–Crippen LogP) is 3.33. The zero-order valence-electron chi connectivity index (χ0n) is 17.7. The second kappa shape index (κ2) is 7.41. The van der Waals surface area contributed by atoms with Gasteiger partial charge in [0.25, 0.3) is 5.91 Å². The summed E-state index contributed by atoms with van der Waals surface area (Å²) in [5.41, 5.74) is 3.23. The fourth-order valence-electron chi connectivity index (χ4n) is 4.78. The first-order valence-electron chi connectivity index (χ1n) is 10.5. The number of carbonyl (C=O) groups excluding carboxylic acids is 2. The number of rotatable bonds is 5. The van der Waals surface area contributed by atoms with Crippen molar-refractivity contribution in [2.24, 2.45) is 0 Å². The van der Waals surface area contributed by atoms with Gasteiger partial charge in [-0.15, -0.1) is 11.8 Å². The molecule has 2 amide bonds. The number of aliphatic carboxylic acids is 1. The van der Waals surface area contributed by atoms with Gasteiger partial charge >= 0.3 is 5.97 Å². The van der Waals surface area contributed by atoms with E-state index < -0.39 is 28.7 Å². The Hall–Kier alpha value is -3.26. The van der Waals surface area contributed by atoms with Crippen LogP contribution in [0.2, 0.25) is 0 Å². The highest BCUT2D eigenvalue weighted by Crippen LogP contribution is 2.56. The highest BCUT2D eigenvalue weighted by Gasteiger charge is 2.57. The largest absolute Gasteiger partial charge is 0.480 e. The molecule has 0 aliphatic carbocycles. The molecular formula is C24H23N3O4S. The lowest BCUT2D eigenvalue weighted by Crippen LogP contribution is -2.56. The normalized spacial score (nSPS) is 21.9. The van der Waals surface area contributed by atoms with Gasteiger partial charge in [0.1, 0.15) is 17.5 Å². The molecule has 7 nitrogen and oxygen atoms in total. The van der Waals surface area contributed by atoms with Crippen LogP contribution in [-0.2, 0) is 16.0 Å². The van der Waals surface area contributed by atoms with E-state index in [-0.39, 0.29) is 17.7 Å². The third-order valence-electron chi connectivity index (χ3n) is 6.26. The third kappa shape index (κ3) is 3.17. The zero-order valence-corrected chi connectivity index (χ0v) is 18.5. The Labute approximate surface area is 189 Å². The van der Waals surface area contributed by atoms with Crippen molar-refractivity contribution < 1.29 is 19.5 Å². The molecule has 8 heteroatoms. The van der Waals surface area contributed by atoms with Crippen LogP contribution in [0.4, 0.5) is 0 Å². The number of para-hydroxylation sites is 1. The highest BCUT2D eigenvalue weighted by atomic mass is 32.2. The van der Waals surface area contributed by atoms with Crippen molar-refractivity contribution in [3.8, 4) is 0 Å². The smallest absolute Gasteiger partial charge is 0.326 e. The number of aromatic nitrogens is 1. The molecule has 2 aromatic carbocycles. The van der Waals surface area contributed by atoms with Crippen molar-refractivity contribution in [2.75, 3.05) is 0 Å². The van der Waals surface area contributed by atoms with Gasteiger partial charge in [-0.25, -0.2) is 4.79 Å². The van der Waals surface area contributed by atoms with Gasteiger partial charge in [-0.05, 0) is 37.1 Å². The summed E-state index contributed by atoms with van der Waals surface area (Å²) >= 11 is 1.56. The number of carbonyl (C=O) groups is 3. The van der Waals surface area contributed by atoms with E-state index in [0.29, 0.717) is 5.56 Å². The van der Waals surface area contributed by atoms with Crippen molar-refractivity contribution in [3.05, 3.63) is 71.4 Å². The van der Waals surface area contributed by atoms with E-state index in [1.54, 1.807) is 28.9 Å². The standard InChI is InChI=1S/C24H23N3O4S/c1-24(2)19(27-21(29)15-8-3-4-9-16(15)22(27)32-24)20(28)26-18(23(30)31)11-13-12-25-17-10-6-5-7-14(13)17/h3-10,12,18-19,22,25H,11H2,1-2H3,(H,26,28)(H,30,31)/t18-,19-,22-/m1/s1. The van der Waals surface area contributed by atoms with Crippen molar-refractivity contribution in [3.63, 3.8) is 0 Å². The maximum atomic E-state index is 13.4. The molecule has 0 spiro atoms. The van der Waals surface area contributed by atoms with Crippen molar-refractivity contribution in [1.29, 1.82) is 0 Å². The van der Waals surface area contributed by atoms with Crippen LogP contribution in [-0.4, -0.2) is 49.6 Å². The van der Waals surface area contributed by atoms with Crippen LogP contribution in [0.5, 0.6) is 0 Å². The molecular weight excluding hydrogens is 426 g/mol. The summed E-state index contributed by atoms with van der Waals surface area (Å²) in [6.07, 6.45) is 1.92. The Morgan fingerprint density at radius 2 is 1.91 bits per heavy atom. The van der Waals surface area contributed by atoms with E-state index >= 15 is 0 Å². The molecule has 2 aliphatic rings. The molecule has 0 unspecified atom stereocenters. The molecule has 0 saturated carbocycles. The fourth-order valence-corrected chi connectivity index (χ4v) is 6.36. The highest BCUT2D eigenvalue weighted by molar-refractivity contribution is 8.01. The Balaban J connectivity index is 1.41. The van der Waals surface area contributed by atoms with Crippen molar-refractivity contribution in [1.82, 2.24) is 15.2 Å². The molecule has 5 rings (SSSR count). The summed E-state index contributed by atoms with van der Waals surface area (Å²) in [5.74, 6) is -1.75. The number of nitrogens with zero attached hydrogens (tertiary/aromatic N) is 1. The monoisotopic (exact) mass is 449 g/mol. The summed E-state index contributed by atoms with van der Waals surface area (Å²) in [4.78, 5) is 43.3. The molecule has 0 bridgehead atoms. The van der Waals surface area contributed by atoms with Gasteiger partial charge in [-0.1, -0.05) is 36.4 Å². The molecule has 3 heterocycles. The van der Waals surface area contributed by atoms with Crippen molar-refractivity contribution >= 4 is 40.4 Å². The number of carboxylic acids is 1. The molecule has 1 fully saturated rings. The lowest BCUT2D eigenvalue weighted by molar-refractivity contribution is -0.142. The van der Waals surface area contributed by atoms with Crippen LogP contribution in [0.25, 0.3) is 10.9 Å². The van der Waals surface area contributed by atoms with Crippen LogP contribution < -0.4 is 5.32 Å². The van der Waals surface area contributed by atoms with E-state index in [1.165, 1.54) is 0 Å². The Morgan fingerprint density at radius 3 is 2.69 bits per heavy atom. The van der Waals surface area contributed by atoms with E-state index in [9.17, 15) is 19.5 Å². The van der Waals surface area contributed by atoms with Gasteiger partial charge in [0.2, 0.25) is 5.91 Å². The number of carboxylic acid groups (broad SMARTS) is 1. The summed E-state index contributed by atoms with van der Waals surface area (Å²) in [5, 5.41) is 13.2. The van der Waals surface area contributed by atoms with Crippen molar-refractivity contribution in [2.45, 2.75) is 42.5 Å². The summed E-state index contributed by atoms with van der Waals surface area (Å²) in [6, 6.07) is 13.1. The number of fused-ring (bicyclic) bond motifs is 4. The van der Waals surface area contributed by atoms with Crippen LogP contribution in [0.1, 0.15) is 40.7 Å². The minimum absolute atomic E-state index is 0.142. The van der Waals surface area contributed by atoms with E-state index in [2.05, 4.69) is 10.3 Å². The second-order valence-electron chi connectivity index (χ2n) is 8.74. The lowest BCUT2D eigenvalue weighted by atomic mass is 9.99. The molecule has 0 radical (unpaired) electrons. The summed E-state index contributed by atoms with van der Waals surface area (Å²) in [6.45, 7) is 3.84. The maximum Gasteiger partial charge on any atom is 0.326 e. The first-order valence-corrected chi connectivity index (χ1v) is 11.3. The molecule has 1 saturated heterocycles. The Kier molecular flexibility index (Phi) is 4.78. The quantitative estimate of drug-likeness (QED) is 0.555. The molecule has 1 aromatic heterocycles. The van der Waals surface area contributed by atoms with Crippen LogP contribution in [0, 0.1) is 0 Å². The van der Waals surface area contributed by atoms with Gasteiger partial charge < -0.3 is 20.3 Å². The molecule has 164 valence electrons. The summed E-state index contributed by atoms with van der Waals surface area (Å²) < 4.78 is -0.568. The number of benzene rings is 2.